The molecule has 1 aliphatic rings. The van der Waals surface area contributed by atoms with Crippen molar-refractivity contribution in [3.63, 3.8) is 0 Å². The number of amides is 2. The van der Waals surface area contributed by atoms with Crippen LogP contribution in [-0.2, 0) is 4.74 Å². The Kier molecular flexibility index (Phi) is 6.43. The number of hydrogen-bond donors (Lipinski definition) is 3. The van der Waals surface area contributed by atoms with E-state index in [1.165, 1.54) is 0 Å². The van der Waals surface area contributed by atoms with Crippen molar-refractivity contribution in [3.8, 4) is 0 Å². The lowest BCUT2D eigenvalue weighted by molar-refractivity contribution is -0.0291. The van der Waals surface area contributed by atoms with Crippen LogP contribution in [0.5, 0.6) is 0 Å². The Morgan fingerprint density at radius 2 is 2.22 bits per heavy atom. The summed E-state index contributed by atoms with van der Waals surface area (Å²) in [4.78, 5) is 11.7. The minimum atomic E-state index is -0.669. The molecular formula is C13H26N2O3. The van der Waals surface area contributed by atoms with Gasteiger partial charge in [-0.1, -0.05) is 19.8 Å². The first-order valence-corrected chi connectivity index (χ1v) is 6.85. The number of carbonyl (C=O) groups is 1. The predicted octanol–water partition coefficient (Wildman–Crippen LogP) is 1.41. The van der Waals surface area contributed by atoms with Crippen molar-refractivity contribution >= 4 is 6.03 Å². The van der Waals surface area contributed by atoms with Crippen molar-refractivity contribution in [2.24, 2.45) is 0 Å². The minimum Gasteiger partial charge on any atom is -0.388 e. The highest BCUT2D eigenvalue weighted by atomic mass is 16.5. The van der Waals surface area contributed by atoms with Gasteiger partial charge in [-0.25, -0.2) is 4.79 Å². The molecule has 106 valence electrons. The summed E-state index contributed by atoms with van der Waals surface area (Å²) in [5.41, 5.74) is -0.669. The van der Waals surface area contributed by atoms with E-state index in [1.807, 2.05) is 0 Å². The Morgan fingerprint density at radius 3 is 2.72 bits per heavy atom. The summed E-state index contributed by atoms with van der Waals surface area (Å²) in [5.74, 6) is 0. The van der Waals surface area contributed by atoms with Gasteiger partial charge in [0, 0.05) is 13.7 Å². The first-order valence-electron chi connectivity index (χ1n) is 6.85. The topological polar surface area (TPSA) is 70.6 Å². The van der Waals surface area contributed by atoms with Gasteiger partial charge in [-0.2, -0.15) is 0 Å². The van der Waals surface area contributed by atoms with Crippen LogP contribution in [0.15, 0.2) is 0 Å². The smallest absolute Gasteiger partial charge is 0.315 e. The minimum absolute atomic E-state index is 0.0472. The zero-order chi connectivity index (χ0) is 13.4. The van der Waals surface area contributed by atoms with Gasteiger partial charge in [0.2, 0.25) is 0 Å². The van der Waals surface area contributed by atoms with Gasteiger partial charge in [0.1, 0.15) is 0 Å². The number of unbranched alkanes of at least 4 members (excludes halogenated alkanes) is 1. The van der Waals surface area contributed by atoms with Crippen LogP contribution >= 0.6 is 0 Å². The van der Waals surface area contributed by atoms with Gasteiger partial charge < -0.3 is 20.5 Å². The van der Waals surface area contributed by atoms with E-state index < -0.39 is 5.60 Å². The third-order valence-corrected chi connectivity index (χ3v) is 3.47. The predicted molar refractivity (Wildman–Crippen MR) is 70.5 cm³/mol. The molecule has 0 bridgehead atoms. The first-order chi connectivity index (χ1) is 8.59. The number of nitrogens with one attached hydrogen (secondary N) is 2. The average molecular weight is 258 g/mol. The highest BCUT2D eigenvalue weighted by Gasteiger charge is 2.34. The van der Waals surface area contributed by atoms with Crippen molar-refractivity contribution in [1.82, 2.24) is 10.6 Å². The maximum Gasteiger partial charge on any atom is 0.315 e. The SMILES string of the molecule is CCCCC(COC)NC(=O)NCC1(O)CCC1. The third-order valence-electron chi connectivity index (χ3n) is 3.47. The van der Waals surface area contributed by atoms with Crippen LogP contribution in [0.2, 0.25) is 0 Å². The molecule has 0 heterocycles. The Morgan fingerprint density at radius 1 is 1.50 bits per heavy atom. The van der Waals surface area contributed by atoms with E-state index in [0.29, 0.717) is 13.2 Å². The van der Waals surface area contributed by atoms with Gasteiger partial charge >= 0.3 is 6.03 Å². The van der Waals surface area contributed by atoms with Gasteiger partial charge in [0.15, 0.2) is 0 Å². The fourth-order valence-electron chi connectivity index (χ4n) is 2.09. The molecule has 0 aliphatic heterocycles. The molecule has 1 saturated carbocycles. The largest absolute Gasteiger partial charge is 0.388 e. The quantitative estimate of drug-likeness (QED) is 0.616. The van der Waals surface area contributed by atoms with Crippen LogP contribution < -0.4 is 10.6 Å². The molecule has 0 saturated heterocycles. The van der Waals surface area contributed by atoms with E-state index in [9.17, 15) is 9.90 Å². The number of urea groups is 1. The summed E-state index contributed by atoms with van der Waals surface area (Å²) in [5, 5.41) is 15.5. The van der Waals surface area contributed by atoms with Gasteiger partial charge in [0.05, 0.1) is 18.2 Å². The van der Waals surface area contributed by atoms with Gasteiger partial charge in [-0.3, -0.25) is 0 Å². The van der Waals surface area contributed by atoms with E-state index in [1.54, 1.807) is 7.11 Å². The van der Waals surface area contributed by atoms with Crippen molar-refractivity contribution in [2.75, 3.05) is 20.3 Å². The fourth-order valence-corrected chi connectivity index (χ4v) is 2.09. The fraction of sp³-hybridized carbons (Fsp3) is 0.923. The second kappa shape index (κ2) is 7.59. The Hall–Kier alpha value is -0.810. The van der Waals surface area contributed by atoms with E-state index in [0.717, 1.165) is 38.5 Å². The Bertz CT molecular complexity index is 255. The summed E-state index contributed by atoms with van der Waals surface area (Å²) in [7, 11) is 1.63. The monoisotopic (exact) mass is 258 g/mol. The van der Waals surface area contributed by atoms with Crippen LogP contribution in [0, 0.1) is 0 Å². The molecule has 0 aromatic heterocycles. The number of aliphatic hydroxyl groups is 1. The van der Waals surface area contributed by atoms with E-state index in [-0.39, 0.29) is 12.1 Å². The maximum absolute atomic E-state index is 11.7. The number of carbonyl (C=O) groups excluding carboxylic acids is 1. The van der Waals surface area contributed by atoms with E-state index in [4.69, 9.17) is 4.74 Å². The number of ether oxygens (including phenoxy) is 1. The van der Waals surface area contributed by atoms with Crippen LogP contribution in [0.4, 0.5) is 4.79 Å². The van der Waals surface area contributed by atoms with Gasteiger partial charge in [0.25, 0.3) is 0 Å². The number of methoxy groups -OCH3 is 1. The lowest BCUT2D eigenvalue weighted by Gasteiger charge is -2.36. The number of rotatable bonds is 8. The third kappa shape index (κ3) is 5.23. The molecule has 0 aromatic rings. The molecule has 1 rings (SSSR count). The molecule has 5 nitrogen and oxygen atoms in total. The molecule has 1 atom stereocenters. The molecule has 5 heteroatoms. The standard InChI is InChI=1S/C13H26N2O3/c1-3-4-6-11(9-18-2)15-12(16)14-10-13(17)7-5-8-13/h11,17H,3-10H2,1-2H3,(H2,14,15,16). The zero-order valence-electron chi connectivity index (χ0n) is 11.5. The molecule has 3 N–H and O–H groups in total. The summed E-state index contributed by atoms with van der Waals surface area (Å²) >= 11 is 0. The summed E-state index contributed by atoms with van der Waals surface area (Å²) in [6.45, 7) is 2.99. The van der Waals surface area contributed by atoms with E-state index >= 15 is 0 Å². The molecular weight excluding hydrogens is 232 g/mol. The Balaban J connectivity index is 2.22. The Labute approximate surface area is 109 Å². The highest BCUT2D eigenvalue weighted by molar-refractivity contribution is 5.74. The molecule has 0 aromatic carbocycles. The van der Waals surface area contributed by atoms with Crippen LogP contribution in [-0.4, -0.2) is 43.0 Å². The van der Waals surface area contributed by atoms with Crippen LogP contribution in [0.3, 0.4) is 0 Å². The van der Waals surface area contributed by atoms with Gasteiger partial charge in [-0.15, -0.1) is 0 Å². The molecule has 1 aliphatic carbocycles. The molecule has 18 heavy (non-hydrogen) atoms. The summed E-state index contributed by atoms with van der Waals surface area (Å²) < 4.78 is 5.09. The highest BCUT2D eigenvalue weighted by Crippen LogP contribution is 2.30. The average Bonchev–Trinajstić information content (AvgIpc) is 2.31. The molecule has 1 fully saturated rings. The first kappa shape index (κ1) is 15.2. The second-order valence-electron chi connectivity index (χ2n) is 5.20. The second-order valence-corrected chi connectivity index (χ2v) is 5.20. The van der Waals surface area contributed by atoms with Crippen molar-refractivity contribution in [1.29, 1.82) is 0 Å². The summed E-state index contributed by atoms with van der Waals surface area (Å²) in [6.07, 6.45) is 5.70. The lowest BCUT2D eigenvalue weighted by atomic mass is 9.80. The van der Waals surface area contributed by atoms with Crippen molar-refractivity contribution in [2.45, 2.75) is 57.1 Å². The molecule has 1 unspecified atom stereocenters. The number of hydrogen-bond acceptors (Lipinski definition) is 3. The van der Waals surface area contributed by atoms with Crippen LogP contribution in [0.1, 0.15) is 45.4 Å². The normalized spacial score (nSPS) is 18.8. The summed E-state index contributed by atoms with van der Waals surface area (Å²) in [6, 6.07) is -0.167. The van der Waals surface area contributed by atoms with Crippen LogP contribution in [0.25, 0.3) is 0 Å². The molecule has 0 spiro atoms. The lowest BCUT2D eigenvalue weighted by Crippen LogP contribution is -2.52. The van der Waals surface area contributed by atoms with Gasteiger partial charge in [-0.05, 0) is 25.7 Å². The van der Waals surface area contributed by atoms with Crippen molar-refractivity contribution < 1.29 is 14.6 Å². The molecule has 0 radical (unpaired) electrons. The van der Waals surface area contributed by atoms with Crippen molar-refractivity contribution in [3.05, 3.63) is 0 Å². The molecule has 2 amide bonds. The zero-order valence-corrected chi connectivity index (χ0v) is 11.5. The van der Waals surface area contributed by atoms with E-state index in [2.05, 4.69) is 17.6 Å². The maximum atomic E-state index is 11.7.